The first-order valence-corrected chi connectivity index (χ1v) is 6.24. The van der Waals surface area contributed by atoms with E-state index < -0.39 is 12.7 Å². The summed E-state index contributed by atoms with van der Waals surface area (Å²) in [5, 5.41) is 4.23. The molecule has 0 aliphatic heterocycles. The number of alkyl halides is 4. The van der Waals surface area contributed by atoms with Crippen LogP contribution in [0.3, 0.4) is 0 Å². The van der Waals surface area contributed by atoms with E-state index >= 15 is 0 Å². The molecular weight excluding hydrogens is 267 g/mol. The van der Waals surface area contributed by atoms with Crippen LogP contribution in [0.4, 0.5) is 13.2 Å². The average Bonchev–Trinajstić information content (AvgIpc) is 2.64. The second-order valence-electron chi connectivity index (χ2n) is 4.40. The quantitative estimate of drug-likeness (QED) is 0.748. The van der Waals surface area contributed by atoms with E-state index in [-0.39, 0.29) is 25.0 Å². The fourth-order valence-corrected chi connectivity index (χ4v) is 1.80. The van der Waals surface area contributed by atoms with Gasteiger partial charge in [-0.25, -0.2) is 0 Å². The van der Waals surface area contributed by atoms with Gasteiger partial charge in [0.1, 0.15) is 0 Å². The van der Waals surface area contributed by atoms with E-state index in [0.717, 1.165) is 0 Å². The SMILES string of the molecule is CC(C)n1ccc(CN(CCCl)CC(F)(F)F)n1. The van der Waals surface area contributed by atoms with E-state index in [0.29, 0.717) is 5.69 Å². The van der Waals surface area contributed by atoms with Gasteiger partial charge in [-0.15, -0.1) is 11.6 Å². The van der Waals surface area contributed by atoms with Crippen molar-refractivity contribution in [2.75, 3.05) is 19.0 Å². The number of hydrogen-bond acceptors (Lipinski definition) is 2. The molecule has 3 nitrogen and oxygen atoms in total. The Kier molecular flexibility index (Phi) is 5.47. The third-order valence-electron chi connectivity index (χ3n) is 2.38. The van der Waals surface area contributed by atoms with Crippen molar-refractivity contribution < 1.29 is 13.2 Å². The lowest BCUT2D eigenvalue weighted by molar-refractivity contribution is -0.146. The smallest absolute Gasteiger partial charge is 0.288 e. The summed E-state index contributed by atoms with van der Waals surface area (Å²) < 4.78 is 38.8. The highest BCUT2D eigenvalue weighted by Gasteiger charge is 2.30. The second-order valence-corrected chi connectivity index (χ2v) is 4.77. The molecule has 0 N–H and O–H groups in total. The van der Waals surface area contributed by atoms with Gasteiger partial charge in [-0.1, -0.05) is 0 Å². The van der Waals surface area contributed by atoms with E-state index in [1.54, 1.807) is 16.9 Å². The Hall–Kier alpha value is -0.750. The van der Waals surface area contributed by atoms with Crippen molar-refractivity contribution in [3.05, 3.63) is 18.0 Å². The Morgan fingerprint density at radius 3 is 2.56 bits per heavy atom. The molecular formula is C11H17ClF3N3. The first-order chi connectivity index (χ1) is 8.31. The summed E-state index contributed by atoms with van der Waals surface area (Å²) in [6, 6.07) is 1.93. The third-order valence-corrected chi connectivity index (χ3v) is 2.55. The summed E-state index contributed by atoms with van der Waals surface area (Å²) in [5.41, 5.74) is 0.623. The Morgan fingerprint density at radius 2 is 2.11 bits per heavy atom. The van der Waals surface area contributed by atoms with Crippen LogP contribution in [0.1, 0.15) is 25.6 Å². The van der Waals surface area contributed by atoms with Gasteiger partial charge >= 0.3 is 6.18 Å². The molecule has 0 aliphatic carbocycles. The zero-order valence-corrected chi connectivity index (χ0v) is 11.2. The van der Waals surface area contributed by atoms with Gasteiger partial charge in [0.05, 0.1) is 12.2 Å². The van der Waals surface area contributed by atoms with Crippen LogP contribution in [0.5, 0.6) is 0 Å². The molecule has 0 aromatic carbocycles. The number of nitrogens with zero attached hydrogens (tertiary/aromatic N) is 3. The molecule has 104 valence electrons. The fourth-order valence-electron chi connectivity index (χ4n) is 1.57. The molecule has 0 radical (unpaired) electrons. The largest absolute Gasteiger partial charge is 0.401 e. The summed E-state index contributed by atoms with van der Waals surface area (Å²) >= 11 is 5.51. The maximum atomic E-state index is 12.4. The predicted molar refractivity (Wildman–Crippen MR) is 64.7 cm³/mol. The van der Waals surface area contributed by atoms with Crippen LogP contribution >= 0.6 is 11.6 Å². The highest BCUT2D eigenvalue weighted by molar-refractivity contribution is 6.18. The van der Waals surface area contributed by atoms with Gasteiger partial charge in [-0.2, -0.15) is 18.3 Å². The van der Waals surface area contributed by atoms with Crippen LogP contribution in [-0.4, -0.2) is 39.8 Å². The third kappa shape index (κ3) is 5.27. The molecule has 1 aromatic heterocycles. The molecule has 0 bridgehead atoms. The molecule has 0 atom stereocenters. The Labute approximate surface area is 110 Å². The van der Waals surface area contributed by atoms with E-state index in [9.17, 15) is 13.2 Å². The van der Waals surface area contributed by atoms with E-state index in [2.05, 4.69) is 5.10 Å². The lowest BCUT2D eigenvalue weighted by Gasteiger charge is -2.21. The van der Waals surface area contributed by atoms with E-state index in [4.69, 9.17) is 11.6 Å². The molecule has 1 aromatic rings. The minimum absolute atomic E-state index is 0.159. The molecule has 0 unspecified atom stereocenters. The lowest BCUT2D eigenvalue weighted by atomic mass is 10.3. The van der Waals surface area contributed by atoms with Crippen LogP contribution < -0.4 is 0 Å². The van der Waals surface area contributed by atoms with Gasteiger partial charge in [-0.05, 0) is 19.9 Å². The predicted octanol–water partition coefficient (Wildman–Crippen LogP) is 3.07. The van der Waals surface area contributed by atoms with Gasteiger partial charge in [0.2, 0.25) is 0 Å². The highest BCUT2D eigenvalue weighted by Crippen LogP contribution is 2.18. The highest BCUT2D eigenvalue weighted by atomic mass is 35.5. The maximum Gasteiger partial charge on any atom is 0.401 e. The number of aromatic nitrogens is 2. The Morgan fingerprint density at radius 1 is 1.44 bits per heavy atom. The lowest BCUT2D eigenvalue weighted by Crippen LogP contribution is -2.35. The normalized spacial score (nSPS) is 12.7. The summed E-state index contributed by atoms with van der Waals surface area (Å²) in [4.78, 5) is 1.25. The van der Waals surface area contributed by atoms with Crippen LogP contribution in [-0.2, 0) is 6.54 Å². The van der Waals surface area contributed by atoms with Crippen molar-refractivity contribution >= 4 is 11.6 Å². The average molecular weight is 284 g/mol. The van der Waals surface area contributed by atoms with Crippen molar-refractivity contribution in [3.63, 3.8) is 0 Å². The van der Waals surface area contributed by atoms with Crippen molar-refractivity contribution in [3.8, 4) is 0 Å². The number of hydrogen-bond donors (Lipinski definition) is 0. The van der Waals surface area contributed by atoms with Crippen molar-refractivity contribution in [2.45, 2.75) is 32.6 Å². The first-order valence-electron chi connectivity index (χ1n) is 5.71. The Balaban J connectivity index is 2.64. The van der Waals surface area contributed by atoms with Crippen LogP contribution in [0, 0.1) is 0 Å². The van der Waals surface area contributed by atoms with Gasteiger partial charge in [0.15, 0.2) is 0 Å². The van der Waals surface area contributed by atoms with Crippen LogP contribution in [0.2, 0.25) is 0 Å². The molecule has 0 fully saturated rings. The minimum Gasteiger partial charge on any atom is -0.288 e. The van der Waals surface area contributed by atoms with Crippen LogP contribution in [0.25, 0.3) is 0 Å². The van der Waals surface area contributed by atoms with Crippen molar-refractivity contribution in [1.82, 2.24) is 14.7 Å². The Bertz CT molecular complexity index is 363. The molecule has 0 saturated carbocycles. The fraction of sp³-hybridized carbons (Fsp3) is 0.727. The van der Waals surface area contributed by atoms with Gasteiger partial charge in [0.25, 0.3) is 0 Å². The number of halogens is 4. The number of rotatable bonds is 6. The van der Waals surface area contributed by atoms with E-state index in [1.165, 1.54) is 4.90 Å². The first kappa shape index (κ1) is 15.3. The standard InChI is InChI=1S/C11H17ClF3N3/c1-9(2)18-5-3-10(16-18)7-17(6-4-12)8-11(13,14)15/h3,5,9H,4,6-8H2,1-2H3. The van der Waals surface area contributed by atoms with Gasteiger partial charge < -0.3 is 0 Å². The summed E-state index contributed by atoms with van der Waals surface area (Å²) in [5.74, 6) is 0.168. The molecule has 0 spiro atoms. The molecule has 18 heavy (non-hydrogen) atoms. The molecule has 0 aliphatic rings. The monoisotopic (exact) mass is 283 g/mol. The van der Waals surface area contributed by atoms with Crippen LogP contribution in [0.15, 0.2) is 12.3 Å². The maximum absolute atomic E-state index is 12.4. The second kappa shape index (κ2) is 6.43. The van der Waals surface area contributed by atoms with Crippen molar-refractivity contribution in [1.29, 1.82) is 0 Å². The zero-order valence-electron chi connectivity index (χ0n) is 10.4. The van der Waals surface area contributed by atoms with Crippen molar-refractivity contribution in [2.24, 2.45) is 0 Å². The molecule has 0 amide bonds. The summed E-state index contributed by atoms with van der Waals surface area (Å²) in [7, 11) is 0. The summed E-state index contributed by atoms with van der Waals surface area (Å²) in [6.07, 6.45) is -2.45. The van der Waals surface area contributed by atoms with Gasteiger partial charge in [0, 0.05) is 31.2 Å². The van der Waals surface area contributed by atoms with Gasteiger partial charge in [-0.3, -0.25) is 9.58 Å². The summed E-state index contributed by atoms with van der Waals surface area (Å²) in [6.45, 7) is 3.31. The topological polar surface area (TPSA) is 21.1 Å². The van der Waals surface area contributed by atoms with E-state index in [1.807, 2.05) is 13.8 Å². The minimum atomic E-state index is -4.22. The zero-order chi connectivity index (χ0) is 13.8. The molecule has 7 heteroatoms. The molecule has 1 heterocycles. The molecule has 0 saturated heterocycles. The molecule has 1 rings (SSSR count).